The second-order valence-electron chi connectivity index (χ2n) is 8.96. The molecule has 3 atom stereocenters. The molecule has 1 saturated heterocycles. The van der Waals surface area contributed by atoms with Crippen LogP contribution in [-0.2, 0) is 4.84 Å². The molecule has 6 heteroatoms. The smallest absolute Gasteiger partial charge is 0.274 e. The number of rotatable bonds is 4. The average Bonchev–Trinajstić information content (AvgIpc) is 3.36. The van der Waals surface area contributed by atoms with Gasteiger partial charge in [-0.25, -0.2) is 4.98 Å². The summed E-state index contributed by atoms with van der Waals surface area (Å²) >= 11 is 0. The lowest BCUT2D eigenvalue weighted by Crippen LogP contribution is -2.33. The lowest BCUT2D eigenvalue weighted by Gasteiger charge is -2.19. The fourth-order valence-electron chi connectivity index (χ4n) is 4.70. The van der Waals surface area contributed by atoms with E-state index in [0.29, 0.717) is 29.5 Å². The molecule has 1 aromatic heterocycles. The molecule has 2 aliphatic carbocycles. The Bertz CT molecular complexity index is 736. The van der Waals surface area contributed by atoms with Gasteiger partial charge in [0.25, 0.3) is 5.91 Å². The van der Waals surface area contributed by atoms with Crippen molar-refractivity contribution in [2.24, 2.45) is 28.8 Å². The van der Waals surface area contributed by atoms with Gasteiger partial charge in [0.2, 0.25) is 0 Å². The van der Waals surface area contributed by atoms with E-state index in [0.717, 1.165) is 25.4 Å². The maximum absolute atomic E-state index is 12.8. The molecule has 1 amide bonds. The van der Waals surface area contributed by atoms with Crippen LogP contribution < -0.4 is 0 Å². The Morgan fingerprint density at radius 2 is 2.04 bits per heavy atom. The third-order valence-corrected chi connectivity index (χ3v) is 6.48. The first kappa shape index (κ1) is 15.4. The van der Waals surface area contributed by atoms with E-state index in [1.807, 2.05) is 17.4 Å². The summed E-state index contributed by atoms with van der Waals surface area (Å²) in [6, 6.07) is 0.453. The fraction of sp³-hybridized carbons (Fsp3) is 0.737. The van der Waals surface area contributed by atoms with Crippen LogP contribution in [0.2, 0.25) is 0 Å². The number of carbonyl (C=O) groups is 1. The van der Waals surface area contributed by atoms with Crippen molar-refractivity contribution in [2.75, 3.05) is 13.1 Å². The van der Waals surface area contributed by atoms with Gasteiger partial charge in [-0.15, -0.1) is 0 Å². The van der Waals surface area contributed by atoms with Gasteiger partial charge < -0.3 is 14.3 Å². The minimum Gasteiger partial charge on any atom is -0.389 e. The predicted molar refractivity (Wildman–Crippen MR) is 93.3 cm³/mol. The molecular formula is C19H26N4O2. The number of imidazole rings is 1. The maximum atomic E-state index is 12.8. The molecule has 0 aromatic carbocycles. The summed E-state index contributed by atoms with van der Waals surface area (Å²) < 4.78 is 2.11. The minimum atomic E-state index is -0.160. The number of carbonyl (C=O) groups excluding carboxylic acids is 1. The number of likely N-dealkylation sites (tertiary alicyclic amines) is 1. The van der Waals surface area contributed by atoms with E-state index in [4.69, 9.17) is 4.84 Å². The third kappa shape index (κ3) is 2.57. The number of hydrogen-bond acceptors (Lipinski definition) is 4. The molecule has 2 unspecified atom stereocenters. The van der Waals surface area contributed by atoms with Crippen LogP contribution in [0.3, 0.4) is 0 Å². The van der Waals surface area contributed by atoms with E-state index in [9.17, 15) is 4.79 Å². The first-order valence-electron chi connectivity index (χ1n) is 9.51. The SMILES string of the molecule is C[C@@H](C1CC1)n1cnc(C(=O)N2CC3C(C2)C3C2=NOC(C)(C)C2)c1. The standard InChI is InChI=1S/C19H26N4O2/c1-11(12-4-5-12)23-9-16(20-10-23)18(24)22-7-13-14(8-22)17(13)15-6-19(2,3)25-21-15/h9-14,17H,4-8H2,1-3H3/t11-,13?,14?,17?/m0/s1. The number of piperidine rings is 1. The average molecular weight is 342 g/mol. The zero-order valence-electron chi connectivity index (χ0n) is 15.2. The van der Waals surface area contributed by atoms with E-state index in [1.165, 1.54) is 18.6 Å². The molecule has 0 N–H and O–H groups in total. The third-order valence-electron chi connectivity index (χ3n) is 6.48. The second-order valence-corrected chi connectivity index (χ2v) is 8.96. The highest BCUT2D eigenvalue weighted by atomic mass is 16.7. The molecule has 4 aliphatic rings. The molecule has 0 spiro atoms. The Hall–Kier alpha value is -1.85. The topological polar surface area (TPSA) is 59.7 Å². The molecule has 2 saturated carbocycles. The number of fused-ring (bicyclic) bond motifs is 1. The van der Waals surface area contributed by atoms with Crippen molar-refractivity contribution >= 4 is 11.6 Å². The number of nitrogens with zero attached hydrogens (tertiary/aromatic N) is 4. The van der Waals surface area contributed by atoms with Gasteiger partial charge in [-0.1, -0.05) is 5.16 Å². The Labute approximate surface area is 148 Å². The number of oxime groups is 1. The predicted octanol–water partition coefficient (Wildman–Crippen LogP) is 2.73. The van der Waals surface area contributed by atoms with Gasteiger partial charge in [-0.05, 0) is 51.4 Å². The highest BCUT2D eigenvalue weighted by Crippen LogP contribution is 2.54. The Balaban J connectivity index is 1.20. The Kier molecular flexibility index (Phi) is 3.13. The van der Waals surface area contributed by atoms with Crippen LogP contribution in [0.1, 0.15) is 56.6 Å². The van der Waals surface area contributed by atoms with Crippen LogP contribution in [0.5, 0.6) is 0 Å². The summed E-state index contributed by atoms with van der Waals surface area (Å²) in [5.74, 6) is 2.49. The lowest BCUT2D eigenvalue weighted by atomic mass is 9.98. The Morgan fingerprint density at radius 1 is 1.32 bits per heavy atom. The molecule has 6 nitrogen and oxygen atoms in total. The summed E-state index contributed by atoms with van der Waals surface area (Å²) in [7, 11) is 0. The van der Waals surface area contributed by atoms with E-state index in [-0.39, 0.29) is 11.5 Å². The van der Waals surface area contributed by atoms with Gasteiger partial charge in [-0.3, -0.25) is 4.79 Å². The lowest BCUT2D eigenvalue weighted by molar-refractivity contribution is 0.0123. The van der Waals surface area contributed by atoms with Crippen molar-refractivity contribution in [1.29, 1.82) is 0 Å². The first-order valence-corrected chi connectivity index (χ1v) is 9.51. The van der Waals surface area contributed by atoms with Crippen LogP contribution in [0.25, 0.3) is 0 Å². The zero-order valence-corrected chi connectivity index (χ0v) is 15.2. The van der Waals surface area contributed by atoms with Gasteiger partial charge in [0, 0.05) is 37.7 Å². The zero-order chi connectivity index (χ0) is 17.3. The van der Waals surface area contributed by atoms with Crippen molar-refractivity contribution in [2.45, 2.75) is 51.7 Å². The Morgan fingerprint density at radius 3 is 2.64 bits per heavy atom. The van der Waals surface area contributed by atoms with Gasteiger partial charge in [0.1, 0.15) is 11.3 Å². The van der Waals surface area contributed by atoms with Gasteiger partial charge in [0.15, 0.2) is 0 Å². The number of aromatic nitrogens is 2. The van der Waals surface area contributed by atoms with Gasteiger partial charge in [-0.2, -0.15) is 0 Å². The van der Waals surface area contributed by atoms with Crippen molar-refractivity contribution in [3.8, 4) is 0 Å². The quantitative estimate of drug-likeness (QED) is 0.845. The molecular weight excluding hydrogens is 316 g/mol. The molecule has 134 valence electrons. The molecule has 3 heterocycles. The molecule has 3 fully saturated rings. The van der Waals surface area contributed by atoms with E-state index in [2.05, 4.69) is 35.5 Å². The van der Waals surface area contributed by atoms with Crippen LogP contribution in [0.15, 0.2) is 17.7 Å². The van der Waals surface area contributed by atoms with Crippen molar-refractivity contribution in [3.63, 3.8) is 0 Å². The van der Waals surface area contributed by atoms with Crippen LogP contribution in [-0.4, -0.2) is 44.8 Å². The summed E-state index contributed by atoms with van der Waals surface area (Å²) in [6.07, 6.45) is 7.27. The summed E-state index contributed by atoms with van der Waals surface area (Å²) in [4.78, 5) is 24.6. The molecule has 0 bridgehead atoms. The fourth-order valence-corrected chi connectivity index (χ4v) is 4.70. The van der Waals surface area contributed by atoms with Crippen molar-refractivity contribution in [3.05, 3.63) is 18.2 Å². The van der Waals surface area contributed by atoms with Crippen molar-refractivity contribution < 1.29 is 9.63 Å². The second kappa shape index (κ2) is 5.08. The van der Waals surface area contributed by atoms with Gasteiger partial charge >= 0.3 is 0 Å². The highest BCUT2D eigenvalue weighted by molar-refractivity contribution is 5.94. The normalized spacial score (nSPS) is 33.6. The molecule has 0 radical (unpaired) electrons. The molecule has 25 heavy (non-hydrogen) atoms. The van der Waals surface area contributed by atoms with Crippen LogP contribution in [0, 0.1) is 23.7 Å². The summed E-state index contributed by atoms with van der Waals surface area (Å²) in [6.45, 7) is 8.04. The highest BCUT2D eigenvalue weighted by Gasteiger charge is 2.60. The van der Waals surface area contributed by atoms with E-state index >= 15 is 0 Å². The first-order chi connectivity index (χ1) is 11.9. The maximum Gasteiger partial charge on any atom is 0.274 e. The van der Waals surface area contributed by atoms with Crippen LogP contribution >= 0.6 is 0 Å². The van der Waals surface area contributed by atoms with Gasteiger partial charge in [0.05, 0.1) is 12.0 Å². The number of amides is 1. The number of hydrogen-bond donors (Lipinski definition) is 0. The molecule has 5 rings (SSSR count). The van der Waals surface area contributed by atoms with E-state index in [1.54, 1.807) is 0 Å². The summed E-state index contributed by atoms with van der Waals surface area (Å²) in [5.41, 5.74) is 1.63. The van der Waals surface area contributed by atoms with Crippen LogP contribution in [0.4, 0.5) is 0 Å². The summed E-state index contributed by atoms with van der Waals surface area (Å²) in [5, 5.41) is 4.30. The monoisotopic (exact) mass is 342 g/mol. The largest absolute Gasteiger partial charge is 0.389 e. The van der Waals surface area contributed by atoms with E-state index < -0.39 is 0 Å². The minimum absolute atomic E-state index is 0.0811. The molecule has 1 aromatic rings. The molecule has 2 aliphatic heterocycles. The van der Waals surface area contributed by atoms with Crippen molar-refractivity contribution in [1.82, 2.24) is 14.5 Å².